The third kappa shape index (κ3) is 7.47. The van der Waals surface area contributed by atoms with Gasteiger partial charge in [-0.3, -0.25) is 24.4 Å². The van der Waals surface area contributed by atoms with Crippen LogP contribution < -0.4 is 4.90 Å². The van der Waals surface area contributed by atoms with Gasteiger partial charge in [-0.2, -0.15) is 0 Å². The molecule has 2 saturated heterocycles. The first-order valence-corrected chi connectivity index (χ1v) is 16.4. The Hall–Kier alpha value is -3.68. The van der Waals surface area contributed by atoms with Gasteiger partial charge in [-0.25, -0.2) is 13.6 Å². The number of carbonyl (C=O) groups is 3. The molecule has 2 aromatic rings. The van der Waals surface area contributed by atoms with E-state index in [-0.39, 0.29) is 44.1 Å². The minimum absolute atomic E-state index is 0.0248. The highest BCUT2D eigenvalue weighted by molar-refractivity contribution is 5.97. The van der Waals surface area contributed by atoms with Crippen molar-refractivity contribution in [2.75, 3.05) is 57.4 Å². The molecule has 262 valence electrons. The maximum Gasteiger partial charge on any atom is 0.410 e. The Balaban J connectivity index is 1.41. The van der Waals surface area contributed by atoms with E-state index in [1.807, 2.05) is 36.6 Å². The summed E-state index contributed by atoms with van der Waals surface area (Å²) in [6, 6.07) is 4.67. The Kier molecular flexibility index (Phi) is 9.89. The molecule has 2 amide bonds. The Morgan fingerprint density at radius 3 is 2.52 bits per heavy atom. The number of aliphatic carboxylic acids is 1. The number of fused-ring (bicyclic) bond motifs is 1. The number of carbonyl (C=O) groups excluding carboxylic acids is 2. The monoisotopic (exact) mass is 671 g/mol. The Labute approximate surface area is 280 Å². The predicted octanol–water partition coefficient (Wildman–Crippen LogP) is 4.06. The molecule has 1 N–H and O–H groups in total. The van der Waals surface area contributed by atoms with E-state index in [9.17, 15) is 28.3 Å². The molecule has 5 rings (SSSR count). The van der Waals surface area contributed by atoms with Crippen molar-refractivity contribution in [2.24, 2.45) is 0 Å². The lowest BCUT2D eigenvalue weighted by molar-refractivity contribution is -0.163. The Bertz CT molecular complexity index is 1560. The molecule has 0 aliphatic carbocycles. The van der Waals surface area contributed by atoms with Crippen molar-refractivity contribution in [3.63, 3.8) is 0 Å². The summed E-state index contributed by atoms with van der Waals surface area (Å²) in [7, 11) is 0. The zero-order valence-electron chi connectivity index (χ0n) is 28.9. The molecule has 48 heavy (non-hydrogen) atoms. The highest BCUT2D eigenvalue weighted by Gasteiger charge is 2.47. The average molecular weight is 672 g/mol. The molecule has 1 aromatic heterocycles. The van der Waals surface area contributed by atoms with Gasteiger partial charge in [0.15, 0.2) is 0 Å². The second-order valence-corrected chi connectivity index (χ2v) is 15.1. The smallest absolute Gasteiger partial charge is 0.410 e. The number of carboxylic acids is 1. The predicted molar refractivity (Wildman–Crippen MR) is 175 cm³/mol. The van der Waals surface area contributed by atoms with Crippen LogP contribution in [-0.4, -0.2) is 118 Å². The largest absolute Gasteiger partial charge is 0.480 e. The van der Waals surface area contributed by atoms with Crippen molar-refractivity contribution in [1.29, 1.82) is 0 Å². The number of morpholine rings is 1. The number of pyridine rings is 1. The number of piperazine rings is 1. The normalized spacial score (nSPS) is 24.8. The molecule has 4 heterocycles. The van der Waals surface area contributed by atoms with Crippen molar-refractivity contribution >= 4 is 23.7 Å². The molecule has 11 nitrogen and oxygen atoms in total. The number of rotatable bonds is 7. The number of anilines is 1. The molecule has 3 aliphatic heterocycles. The maximum absolute atomic E-state index is 14.5. The fourth-order valence-corrected chi connectivity index (χ4v) is 6.82. The fraction of sp³-hybridized carbons (Fsp3) is 0.600. The lowest BCUT2D eigenvalue weighted by Gasteiger charge is -2.49. The van der Waals surface area contributed by atoms with E-state index in [4.69, 9.17) is 14.5 Å². The third-order valence-corrected chi connectivity index (χ3v) is 9.52. The first-order chi connectivity index (χ1) is 22.4. The highest BCUT2D eigenvalue weighted by atomic mass is 19.1. The number of ether oxygens (including phenoxy) is 2. The van der Waals surface area contributed by atoms with E-state index in [1.54, 1.807) is 43.7 Å². The van der Waals surface area contributed by atoms with Gasteiger partial charge in [0.25, 0.3) is 0 Å². The average Bonchev–Trinajstić information content (AvgIpc) is 3.25. The lowest BCUT2D eigenvalue weighted by atomic mass is 9.91. The number of aromatic nitrogens is 1. The second-order valence-electron chi connectivity index (χ2n) is 15.1. The summed E-state index contributed by atoms with van der Waals surface area (Å²) in [6.45, 7) is 15.1. The van der Waals surface area contributed by atoms with Crippen LogP contribution in [0.1, 0.15) is 65.3 Å². The van der Waals surface area contributed by atoms with Crippen LogP contribution in [0.4, 0.5) is 19.3 Å². The molecule has 1 aromatic carbocycles. The van der Waals surface area contributed by atoms with Crippen molar-refractivity contribution in [3.05, 3.63) is 58.9 Å². The summed E-state index contributed by atoms with van der Waals surface area (Å²) in [4.78, 5) is 51.8. The quantitative estimate of drug-likeness (QED) is 0.466. The molecule has 3 aliphatic rings. The van der Waals surface area contributed by atoms with Crippen LogP contribution in [-0.2, 0) is 30.9 Å². The summed E-state index contributed by atoms with van der Waals surface area (Å²) in [6.07, 6.45) is 1.40. The van der Waals surface area contributed by atoms with Crippen LogP contribution in [0, 0.1) is 11.6 Å². The lowest BCUT2D eigenvalue weighted by Crippen LogP contribution is -2.67. The van der Waals surface area contributed by atoms with Crippen molar-refractivity contribution < 1.29 is 37.7 Å². The summed E-state index contributed by atoms with van der Waals surface area (Å²) < 4.78 is 39.2. The summed E-state index contributed by atoms with van der Waals surface area (Å²) in [5.74, 6) is -2.46. The Morgan fingerprint density at radius 2 is 1.85 bits per heavy atom. The number of amides is 2. The van der Waals surface area contributed by atoms with E-state index in [0.717, 1.165) is 11.8 Å². The molecular formula is C35H47F2N5O6. The van der Waals surface area contributed by atoms with Gasteiger partial charge in [0.05, 0.1) is 31.1 Å². The van der Waals surface area contributed by atoms with E-state index in [2.05, 4.69) is 0 Å². The molecule has 0 radical (unpaired) electrons. The summed E-state index contributed by atoms with van der Waals surface area (Å²) in [5, 5.41) is 10.1. The topological polar surface area (TPSA) is 116 Å². The van der Waals surface area contributed by atoms with Gasteiger partial charge < -0.3 is 24.4 Å². The molecule has 2 fully saturated rings. The van der Waals surface area contributed by atoms with E-state index < -0.39 is 40.3 Å². The number of hydrogen-bond donors (Lipinski definition) is 1. The van der Waals surface area contributed by atoms with Crippen LogP contribution in [0.3, 0.4) is 0 Å². The SMILES string of the molecule is C[C@@H]1CN(CC(=O)N2CC(C)(C)c3ncc(Cc4ccc(F)cc4F)cc32)[C@@H](CN2CCOCC2(C)C(=O)O)CN1C(=O)OC(C)(C)C. The van der Waals surface area contributed by atoms with Gasteiger partial charge in [-0.1, -0.05) is 19.9 Å². The fourth-order valence-electron chi connectivity index (χ4n) is 6.82. The first kappa shape index (κ1) is 35.6. The Morgan fingerprint density at radius 1 is 1.12 bits per heavy atom. The van der Waals surface area contributed by atoms with Gasteiger partial charge in [0.1, 0.15) is 22.8 Å². The van der Waals surface area contributed by atoms with E-state index in [0.29, 0.717) is 49.6 Å². The molecule has 13 heteroatoms. The minimum Gasteiger partial charge on any atom is -0.480 e. The molecular weight excluding hydrogens is 624 g/mol. The number of nitrogens with zero attached hydrogens (tertiary/aromatic N) is 5. The zero-order chi connectivity index (χ0) is 35.2. The van der Waals surface area contributed by atoms with Crippen LogP contribution in [0.2, 0.25) is 0 Å². The van der Waals surface area contributed by atoms with Crippen LogP contribution in [0.5, 0.6) is 0 Å². The summed E-state index contributed by atoms with van der Waals surface area (Å²) in [5.41, 5.74) is 0.00762. The zero-order valence-corrected chi connectivity index (χ0v) is 28.9. The van der Waals surface area contributed by atoms with E-state index in [1.165, 1.54) is 12.1 Å². The van der Waals surface area contributed by atoms with E-state index >= 15 is 0 Å². The third-order valence-electron chi connectivity index (χ3n) is 9.52. The standard InChI is InChI=1S/C35H47F2N5O6/c1-22-16-39(26(18-41(22)32(46)48-33(2,3)4)17-40-10-11-47-21-35(40,7)31(44)45)19-29(43)42-20-34(5,6)30-28(42)13-23(15-38-30)12-24-8-9-25(36)14-27(24)37/h8-9,13-15,22,26H,10-12,16-21H2,1-7H3,(H,44,45)/t22-,26+,35?/m1/s1. The first-order valence-electron chi connectivity index (χ1n) is 16.4. The van der Waals surface area contributed by atoms with Crippen molar-refractivity contribution in [3.8, 4) is 0 Å². The van der Waals surface area contributed by atoms with Crippen molar-refractivity contribution in [2.45, 2.75) is 83.5 Å². The van der Waals surface area contributed by atoms with Crippen LogP contribution in [0.15, 0.2) is 30.5 Å². The van der Waals surface area contributed by atoms with Crippen LogP contribution in [0.25, 0.3) is 0 Å². The number of hydrogen-bond acceptors (Lipinski definition) is 8. The van der Waals surface area contributed by atoms with Gasteiger partial charge in [0, 0.05) is 68.9 Å². The number of benzene rings is 1. The number of halogens is 2. The van der Waals surface area contributed by atoms with Crippen LogP contribution >= 0.6 is 0 Å². The highest BCUT2D eigenvalue weighted by Crippen LogP contribution is 2.40. The van der Waals surface area contributed by atoms with Gasteiger partial charge in [-0.05, 0) is 57.9 Å². The number of carboxylic acid groups (broad SMARTS) is 1. The summed E-state index contributed by atoms with van der Waals surface area (Å²) >= 11 is 0. The molecule has 0 bridgehead atoms. The molecule has 1 unspecified atom stereocenters. The minimum atomic E-state index is -1.27. The van der Waals surface area contributed by atoms with Gasteiger partial charge >= 0.3 is 12.1 Å². The molecule has 0 saturated carbocycles. The maximum atomic E-state index is 14.5. The van der Waals surface area contributed by atoms with Gasteiger partial charge in [0.2, 0.25) is 5.91 Å². The molecule has 0 spiro atoms. The van der Waals surface area contributed by atoms with Crippen molar-refractivity contribution in [1.82, 2.24) is 19.7 Å². The molecule has 3 atom stereocenters. The second kappa shape index (κ2) is 13.3. The van der Waals surface area contributed by atoms with Gasteiger partial charge in [-0.15, -0.1) is 0 Å².